The van der Waals surface area contributed by atoms with E-state index in [9.17, 15) is 0 Å². The molecule has 0 aromatic carbocycles. The van der Waals surface area contributed by atoms with Crippen LogP contribution in [0.3, 0.4) is 0 Å². The van der Waals surface area contributed by atoms with E-state index in [1.165, 1.54) is 5.57 Å². The lowest BCUT2D eigenvalue weighted by molar-refractivity contribution is 0.353. The average Bonchev–Trinajstić information content (AvgIpc) is 2.39. The van der Waals surface area contributed by atoms with Crippen LogP contribution in [0.1, 0.15) is 19.3 Å². The van der Waals surface area contributed by atoms with Gasteiger partial charge in [-0.15, -0.1) is 10.5 Å². The van der Waals surface area contributed by atoms with E-state index in [4.69, 9.17) is 15.3 Å². The monoisotopic (exact) mass is 254 g/mol. The summed E-state index contributed by atoms with van der Waals surface area (Å²) >= 11 is 0. The Morgan fingerprint density at radius 2 is 2.00 bits per heavy atom. The molecule has 0 saturated heterocycles. The van der Waals surface area contributed by atoms with Gasteiger partial charge < -0.3 is 9.47 Å². The molecule has 0 aromatic rings. The minimum Gasteiger partial charge on any atom is -0.393 e. The van der Waals surface area contributed by atoms with Crippen molar-refractivity contribution in [2.24, 2.45) is 0 Å². The van der Waals surface area contributed by atoms with Gasteiger partial charge in [0.1, 0.15) is 11.5 Å². The van der Waals surface area contributed by atoms with E-state index in [2.05, 4.69) is 17.9 Å². The molecule has 1 aliphatic rings. The topological polar surface area (TPSA) is 66.0 Å². The van der Waals surface area contributed by atoms with E-state index in [1.54, 1.807) is 30.7 Å². The highest BCUT2D eigenvalue weighted by molar-refractivity contribution is 5.30. The van der Waals surface area contributed by atoms with Gasteiger partial charge in [-0.25, -0.2) is 0 Å². The standard InChI is InChI=1S/C15H14N2O2/c1-12(3-4-13(2)18-10-16)9-14-5-7-15(8-6-14)19-11-17/h3-5,7H,1-2,6,8-9H2/b4-3-. The Morgan fingerprint density at radius 3 is 2.58 bits per heavy atom. The molecule has 4 nitrogen and oxygen atoms in total. The predicted molar refractivity (Wildman–Crippen MR) is 70.8 cm³/mol. The van der Waals surface area contributed by atoms with Gasteiger partial charge in [0.05, 0.1) is 0 Å². The first kappa shape index (κ1) is 14.3. The smallest absolute Gasteiger partial charge is 0.292 e. The van der Waals surface area contributed by atoms with Crippen molar-refractivity contribution < 1.29 is 9.47 Å². The number of hydrogen-bond donors (Lipinski definition) is 0. The highest BCUT2D eigenvalue weighted by Crippen LogP contribution is 2.24. The number of allylic oxidation sites excluding steroid dienone is 7. The molecule has 0 spiro atoms. The molecule has 0 unspecified atom stereocenters. The number of hydrogen-bond acceptors (Lipinski definition) is 4. The number of ether oxygens (including phenoxy) is 2. The van der Waals surface area contributed by atoms with Crippen molar-refractivity contribution in [1.29, 1.82) is 10.5 Å². The first-order valence-corrected chi connectivity index (χ1v) is 5.71. The molecule has 0 aliphatic heterocycles. The molecule has 96 valence electrons. The molecule has 19 heavy (non-hydrogen) atoms. The van der Waals surface area contributed by atoms with Crippen molar-refractivity contribution in [3.8, 4) is 12.5 Å². The van der Waals surface area contributed by atoms with Crippen LogP contribution in [0.4, 0.5) is 0 Å². The van der Waals surface area contributed by atoms with Gasteiger partial charge in [0.2, 0.25) is 0 Å². The molecule has 0 radical (unpaired) electrons. The third-order valence-electron chi connectivity index (χ3n) is 2.51. The van der Waals surface area contributed by atoms with Crippen LogP contribution in [0, 0.1) is 23.0 Å². The predicted octanol–water partition coefficient (Wildman–Crippen LogP) is 3.60. The second-order valence-corrected chi connectivity index (χ2v) is 3.98. The van der Waals surface area contributed by atoms with Crippen molar-refractivity contribution >= 4 is 0 Å². The molecule has 0 saturated carbocycles. The summed E-state index contributed by atoms with van der Waals surface area (Å²) in [5.41, 5.74) is 2.11. The maximum absolute atomic E-state index is 8.40. The summed E-state index contributed by atoms with van der Waals surface area (Å²) < 4.78 is 9.30. The molecule has 0 atom stereocenters. The van der Waals surface area contributed by atoms with Crippen LogP contribution in [-0.4, -0.2) is 0 Å². The fourth-order valence-corrected chi connectivity index (χ4v) is 1.61. The number of nitriles is 2. The molecular formula is C15H14N2O2. The van der Waals surface area contributed by atoms with Crippen molar-refractivity contribution in [3.63, 3.8) is 0 Å². The van der Waals surface area contributed by atoms with Crippen LogP contribution in [0.15, 0.2) is 60.1 Å². The van der Waals surface area contributed by atoms with E-state index in [0.29, 0.717) is 5.76 Å². The van der Waals surface area contributed by atoms with Crippen molar-refractivity contribution in [2.75, 3.05) is 0 Å². The molecule has 0 heterocycles. The zero-order chi connectivity index (χ0) is 14.1. The van der Waals surface area contributed by atoms with E-state index in [1.807, 2.05) is 6.08 Å². The van der Waals surface area contributed by atoms with Gasteiger partial charge in [0, 0.05) is 6.42 Å². The normalized spacial score (nSPS) is 13.8. The van der Waals surface area contributed by atoms with E-state index in [0.717, 1.165) is 24.8 Å². The highest BCUT2D eigenvalue weighted by atomic mass is 16.5. The van der Waals surface area contributed by atoms with Gasteiger partial charge in [-0.2, -0.15) is 0 Å². The lowest BCUT2D eigenvalue weighted by Gasteiger charge is -2.12. The lowest BCUT2D eigenvalue weighted by Crippen LogP contribution is -1.96. The lowest BCUT2D eigenvalue weighted by atomic mass is 9.97. The van der Waals surface area contributed by atoms with Crippen LogP contribution in [0.2, 0.25) is 0 Å². The summed E-state index contributed by atoms with van der Waals surface area (Å²) in [6, 6.07) is 0. The number of rotatable bonds is 6. The van der Waals surface area contributed by atoms with Gasteiger partial charge >= 0.3 is 0 Å². The summed E-state index contributed by atoms with van der Waals surface area (Å²) in [5, 5.41) is 16.7. The Bertz CT molecular complexity index is 539. The SMILES string of the molecule is C=C(/C=C\C(=C)OC#N)CC1=CC=C(OC#N)CC1. The molecule has 0 N–H and O–H groups in total. The van der Waals surface area contributed by atoms with Crippen molar-refractivity contribution in [3.05, 3.63) is 60.1 Å². The third kappa shape index (κ3) is 5.43. The molecule has 1 rings (SSSR count). The first-order chi connectivity index (χ1) is 9.15. The van der Waals surface area contributed by atoms with E-state index in [-0.39, 0.29) is 5.76 Å². The minimum absolute atomic E-state index is 0.283. The van der Waals surface area contributed by atoms with Crippen LogP contribution >= 0.6 is 0 Å². The second-order valence-electron chi connectivity index (χ2n) is 3.98. The maximum atomic E-state index is 8.40. The Hall–Kier alpha value is -2.72. The van der Waals surface area contributed by atoms with Gasteiger partial charge in [-0.05, 0) is 25.0 Å². The van der Waals surface area contributed by atoms with Crippen LogP contribution in [0.25, 0.3) is 0 Å². The molecule has 0 fully saturated rings. The van der Waals surface area contributed by atoms with Gasteiger partial charge in [0.25, 0.3) is 12.5 Å². The molecule has 0 aromatic heterocycles. The molecule has 0 amide bonds. The fraction of sp³-hybridized carbons (Fsp3) is 0.200. The Morgan fingerprint density at radius 1 is 1.21 bits per heavy atom. The van der Waals surface area contributed by atoms with Crippen LogP contribution in [0.5, 0.6) is 0 Å². The Labute approximate surface area is 112 Å². The zero-order valence-corrected chi connectivity index (χ0v) is 10.6. The fourth-order valence-electron chi connectivity index (χ4n) is 1.61. The first-order valence-electron chi connectivity index (χ1n) is 5.71. The maximum Gasteiger partial charge on any atom is 0.292 e. The summed E-state index contributed by atoms with van der Waals surface area (Å²) in [6.07, 6.45) is 12.6. The summed E-state index contributed by atoms with van der Waals surface area (Å²) in [6.45, 7) is 7.47. The Balaban J connectivity index is 2.49. The van der Waals surface area contributed by atoms with Crippen LogP contribution in [-0.2, 0) is 9.47 Å². The minimum atomic E-state index is 0.283. The van der Waals surface area contributed by atoms with Crippen LogP contribution < -0.4 is 0 Å². The van der Waals surface area contributed by atoms with E-state index < -0.39 is 0 Å². The van der Waals surface area contributed by atoms with Gasteiger partial charge in [0.15, 0.2) is 0 Å². The van der Waals surface area contributed by atoms with Crippen molar-refractivity contribution in [1.82, 2.24) is 0 Å². The third-order valence-corrected chi connectivity index (χ3v) is 2.51. The van der Waals surface area contributed by atoms with Crippen molar-refractivity contribution in [2.45, 2.75) is 19.3 Å². The number of nitrogens with zero attached hydrogens (tertiary/aromatic N) is 2. The summed E-state index contributed by atoms with van der Waals surface area (Å²) in [7, 11) is 0. The van der Waals surface area contributed by atoms with Gasteiger partial charge in [-0.1, -0.05) is 36.5 Å². The van der Waals surface area contributed by atoms with Gasteiger partial charge in [-0.3, -0.25) is 0 Å². The highest BCUT2D eigenvalue weighted by Gasteiger charge is 2.07. The molecular weight excluding hydrogens is 240 g/mol. The quantitative estimate of drug-likeness (QED) is 0.412. The molecule has 4 heteroatoms. The van der Waals surface area contributed by atoms with E-state index >= 15 is 0 Å². The molecule has 0 bridgehead atoms. The zero-order valence-electron chi connectivity index (χ0n) is 10.6. The molecule has 1 aliphatic carbocycles. The summed E-state index contributed by atoms with van der Waals surface area (Å²) in [4.78, 5) is 0. The second kappa shape index (κ2) is 7.58. The average molecular weight is 254 g/mol. The summed E-state index contributed by atoms with van der Waals surface area (Å²) in [5.74, 6) is 0.967. The largest absolute Gasteiger partial charge is 0.393 e. The Kier molecular flexibility index (Phi) is 5.72.